The van der Waals surface area contributed by atoms with E-state index < -0.39 is 13.4 Å². The van der Waals surface area contributed by atoms with E-state index in [9.17, 15) is 4.57 Å². The van der Waals surface area contributed by atoms with Crippen LogP contribution in [0.2, 0.25) is 0 Å². The van der Waals surface area contributed by atoms with Crippen molar-refractivity contribution in [1.82, 2.24) is 0 Å². The van der Waals surface area contributed by atoms with Crippen molar-refractivity contribution in [3.05, 3.63) is 11.9 Å². The minimum absolute atomic E-state index is 0.0850. The summed E-state index contributed by atoms with van der Waals surface area (Å²) in [6.45, 7) is 7.94. The highest BCUT2D eigenvalue weighted by Gasteiger charge is 2.48. The van der Waals surface area contributed by atoms with Crippen molar-refractivity contribution in [1.29, 1.82) is 0 Å². The van der Waals surface area contributed by atoms with Crippen molar-refractivity contribution in [2.24, 2.45) is 0 Å². The Labute approximate surface area is 119 Å². The molecule has 0 aromatic rings. The molecule has 0 radical (unpaired) electrons. The average molecular weight is 306 g/mol. The van der Waals surface area contributed by atoms with Gasteiger partial charge in [0.15, 0.2) is 12.1 Å². The predicted octanol–water partition coefficient (Wildman–Crippen LogP) is 3.03. The molecule has 0 unspecified atom stereocenters. The summed E-state index contributed by atoms with van der Waals surface area (Å²) in [6, 6.07) is 0. The maximum atomic E-state index is 12.3. The molecule has 116 valence electrons. The van der Waals surface area contributed by atoms with Crippen LogP contribution in [0.25, 0.3) is 0 Å². The Hall–Kier alpha value is -0.230. The summed E-state index contributed by atoms with van der Waals surface area (Å²) in [6.07, 6.45) is 1.74. The van der Waals surface area contributed by atoms with Crippen LogP contribution in [0.5, 0.6) is 0 Å². The molecule has 0 aromatic heterocycles. The van der Waals surface area contributed by atoms with Crippen molar-refractivity contribution < 1.29 is 27.8 Å². The highest BCUT2D eigenvalue weighted by atomic mass is 31.2. The fourth-order valence-electron chi connectivity index (χ4n) is 2.34. The van der Waals surface area contributed by atoms with E-state index in [1.165, 1.54) is 5.82 Å². The topological polar surface area (TPSA) is 63.2 Å². The molecule has 0 N–H and O–H groups in total. The zero-order chi connectivity index (χ0) is 14.8. The first kappa shape index (κ1) is 16.1. The Morgan fingerprint density at radius 3 is 2.45 bits per heavy atom. The third kappa shape index (κ3) is 3.91. The second kappa shape index (κ2) is 6.26. The largest absolute Gasteiger partial charge is 0.353 e. The number of hydrogen-bond acceptors (Lipinski definition) is 6. The first-order chi connectivity index (χ1) is 9.37. The Bertz CT molecular complexity index is 382. The highest BCUT2D eigenvalue weighted by molar-refractivity contribution is 7.57. The number of hydrogen-bond donors (Lipinski definition) is 0. The van der Waals surface area contributed by atoms with Gasteiger partial charge >= 0.3 is 7.60 Å². The van der Waals surface area contributed by atoms with Gasteiger partial charge in [0.2, 0.25) is 0 Å². The summed E-state index contributed by atoms with van der Waals surface area (Å²) in [5.74, 6) is 0.868. The zero-order valence-corrected chi connectivity index (χ0v) is 13.3. The van der Waals surface area contributed by atoms with Crippen LogP contribution in [0.1, 0.15) is 34.1 Å². The summed E-state index contributed by atoms with van der Waals surface area (Å²) in [5.41, 5.74) is 0. The van der Waals surface area contributed by atoms with Crippen LogP contribution in [-0.2, 0) is 27.8 Å². The van der Waals surface area contributed by atoms with Crippen LogP contribution >= 0.6 is 7.60 Å². The molecule has 0 aliphatic carbocycles. The van der Waals surface area contributed by atoms with E-state index in [1.807, 2.05) is 13.8 Å². The molecule has 2 rings (SSSR count). The summed E-state index contributed by atoms with van der Waals surface area (Å²) in [5, 5.41) is 0. The van der Waals surface area contributed by atoms with Gasteiger partial charge < -0.3 is 23.3 Å². The van der Waals surface area contributed by atoms with Crippen LogP contribution in [0.4, 0.5) is 0 Å². The van der Waals surface area contributed by atoms with Gasteiger partial charge in [-0.25, -0.2) is 0 Å². The third-order valence-corrected chi connectivity index (χ3v) is 4.79. The fourth-order valence-corrected chi connectivity index (χ4v) is 3.71. The van der Waals surface area contributed by atoms with Crippen LogP contribution in [-0.4, -0.2) is 37.5 Å². The van der Waals surface area contributed by atoms with E-state index in [-0.39, 0.29) is 18.5 Å². The van der Waals surface area contributed by atoms with E-state index in [1.54, 1.807) is 19.9 Å². The lowest BCUT2D eigenvalue weighted by Crippen LogP contribution is -2.24. The zero-order valence-electron chi connectivity index (χ0n) is 12.4. The molecule has 2 heterocycles. The van der Waals surface area contributed by atoms with E-state index in [2.05, 4.69) is 0 Å². The van der Waals surface area contributed by atoms with Crippen LogP contribution in [0.3, 0.4) is 0 Å². The molecule has 0 spiro atoms. The molecule has 20 heavy (non-hydrogen) atoms. The molecule has 3 atom stereocenters. The van der Waals surface area contributed by atoms with Gasteiger partial charge in [-0.2, -0.15) is 0 Å². The Morgan fingerprint density at radius 2 is 1.90 bits per heavy atom. The van der Waals surface area contributed by atoms with E-state index in [0.717, 1.165) is 0 Å². The second-order valence-electron chi connectivity index (χ2n) is 5.17. The Morgan fingerprint density at radius 1 is 1.25 bits per heavy atom. The smallest absolute Gasteiger partial charge is 0.342 e. The van der Waals surface area contributed by atoms with Crippen molar-refractivity contribution in [3.63, 3.8) is 0 Å². The monoisotopic (exact) mass is 306 g/mol. The van der Waals surface area contributed by atoms with Gasteiger partial charge in [0, 0.05) is 12.2 Å². The molecule has 0 bridgehead atoms. The standard InChI is InChI=1S/C13H23O6P/c1-5-15-20(14,16-6-2)8-7-10-9-11-12(17-10)19-13(3,4)18-11/h7-8,10-12H,5-6,9H2,1-4H3/t10-,11-,12-/m1/s1. The number of ether oxygens (including phenoxy) is 3. The molecule has 0 amide bonds. The molecule has 2 fully saturated rings. The normalized spacial score (nSPS) is 32.9. The predicted molar refractivity (Wildman–Crippen MR) is 73.3 cm³/mol. The van der Waals surface area contributed by atoms with Gasteiger partial charge in [0.1, 0.15) is 6.10 Å². The molecule has 2 aliphatic rings. The molecule has 2 saturated heterocycles. The lowest BCUT2D eigenvalue weighted by molar-refractivity contribution is -0.200. The first-order valence-electron chi connectivity index (χ1n) is 6.97. The third-order valence-electron chi connectivity index (χ3n) is 3.01. The van der Waals surface area contributed by atoms with E-state index >= 15 is 0 Å². The summed E-state index contributed by atoms with van der Waals surface area (Å²) < 4.78 is 39.7. The van der Waals surface area contributed by atoms with E-state index in [0.29, 0.717) is 19.6 Å². The molecular weight excluding hydrogens is 283 g/mol. The lowest BCUT2D eigenvalue weighted by atomic mass is 10.2. The second-order valence-corrected chi connectivity index (χ2v) is 7.06. The maximum Gasteiger partial charge on any atom is 0.353 e. The fraction of sp³-hybridized carbons (Fsp3) is 0.846. The Kier molecular flexibility index (Phi) is 5.05. The molecule has 7 heteroatoms. The van der Waals surface area contributed by atoms with Crippen molar-refractivity contribution >= 4 is 7.60 Å². The number of fused-ring (bicyclic) bond motifs is 1. The SMILES string of the molecule is CCOP(=O)(C=C[C@@H]1C[C@H]2OC(C)(C)O[C@H]2O1)OCC. The molecular formula is C13H23O6P. The van der Waals surface area contributed by atoms with Gasteiger partial charge in [-0.3, -0.25) is 4.57 Å². The van der Waals surface area contributed by atoms with Gasteiger partial charge in [0.05, 0.1) is 19.3 Å². The minimum atomic E-state index is -3.17. The summed E-state index contributed by atoms with van der Waals surface area (Å²) in [4.78, 5) is 0. The van der Waals surface area contributed by atoms with E-state index in [4.69, 9.17) is 23.3 Å². The van der Waals surface area contributed by atoms with Crippen molar-refractivity contribution in [3.8, 4) is 0 Å². The lowest BCUT2D eigenvalue weighted by Gasteiger charge is -2.19. The average Bonchev–Trinajstić information content (AvgIpc) is 2.80. The van der Waals surface area contributed by atoms with Gasteiger partial charge in [-0.05, 0) is 33.8 Å². The maximum absolute atomic E-state index is 12.3. The van der Waals surface area contributed by atoms with Gasteiger partial charge in [0.25, 0.3) is 0 Å². The minimum Gasteiger partial charge on any atom is -0.342 e. The molecule has 0 saturated carbocycles. The first-order valence-corrected chi connectivity index (χ1v) is 8.58. The molecule has 2 aliphatic heterocycles. The highest BCUT2D eigenvalue weighted by Crippen LogP contribution is 2.50. The van der Waals surface area contributed by atoms with Crippen LogP contribution < -0.4 is 0 Å². The van der Waals surface area contributed by atoms with Crippen LogP contribution in [0.15, 0.2) is 11.9 Å². The van der Waals surface area contributed by atoms with Crippen LogP contribution in [0, 0.1) is 0 Å². The van der Waals surface area contributed by atoms with Gasteiger partial charge in [-0.15, -0.1) is 0 Å². The van der Waals surface area contributed by atoms with Crippen molar-refractivity contribution in [2.75, 3.05) is 13.2 Å². The summed E-state index contributed by atoms with van der Waals surface area (Å²) >= 11 is 0. The quantitative estimate of drug-likeness (QED) is 0.703. The molecule has 0 aromatic carbocycles. The van der Waals surface area contributed by atoms with Crippen molar-refractivity contribution in [2.45, 2.75) is 58.4 Å². The summed E-state index contributed by atoms with van der Waals surface area (Å²) in [7, 11) is -3.17. The Balaban J connectivity index is 1.92. The van der Waals surface area contributed by atoms with Gasteiger partial charge in [-0.1, -0.05) is 0 Å². The molecule has 6 nitrogen and oxygen atoms in total. The number of rotatable bonds is 6.